The van der Waals surface area contributed by atoms with Crippen LogP contribution in [0, 0.1) is 43.4 Å². The number of nitrogens with zero attached hydrogens (tertiary/aromatic N) is 2. The van der Waals surface area contributed by atoms with Gasteiger partial charge in [0.1, 0.15) is 0 Å². The van der Waals surface area contributed by atoms with E-state index in [-0.39, 0.29) is 29.6 Å². The van der Waals surface area contributed by atoms with E-state index in [4.69, 9.17) is 39.6 Å². The van der Waals surface area contributed by atoms with Crippen LogP contribution in [0.5, 0.6) is 0 Å². The average molecular weight is 517 g/mol. The summed E-state index contributed by atoms with van der Waals surface area (Å²) in [4.78, 5) is 13.0. The molecule has 0 aromatic heterocycles. The van der Waals surface area contributed by atoms with Crippen molar-refractivity contribution in [2.24, 2.45) is 0 Å². The molecule has 0 N–H and O–H groups in total. The molecule has 33 heavy (non-hydrogen) atoms. The Morgan fingerprint density at radius 2 is 1.45 bits per heavy atom. The molecule has 176 valence electrons. The molecule has 1 fully saturated rings. The van der Waals surface area contributed by atoms with E-state index in [2.05, 4.69) is 54.0 Å². The van der Waals surface area contributed by atoms with Gasteiger partial charge in [-0.15, -0.1) is 0 Å². The molecule has 0 amide bonds. The summed E-state index contributed by atoms with van der Waals surface area (Å²) >= 11 is 9.03. The Morgan fingerprint density at radius 1 is 1.06 bits per heavy atom. The van der Waals surface area contributed by atoms with Crippen molar-refractivity contribution in [1.82, 2.24) is 4.90 Å². The topological polar surface area (TPSA) is 155 Å². The summed E-state index contributed by atoms with van der Waals surface area (Å²) in [7, 11) is 0. The van der Waals surface area contributed by atoms with Crippen LogP contribution in [0.25, 0.3) is 0 Å². The zero-order valence-corrected chi connectivity index (χ0v) is 19.8. The van der Waals surface area contributed by atoms with Crippen LogP contribution in [0.4, 0.5) is 0 Å². The van der Waals surface area contributed by atoms with Gasteiger partial charge < -0.3 is 0 Å². The van der Waals surface area contributed by atoms with E-state index in [0.29, 0.717) is 11.4 Å². The first-order chi connectivity index (χ1) is 15.8. The van der Waals surface area contributed by atoms with Gasteiger partial charge in [0.25, 0.3) is 0 Å². The molecule has 0 bridgehead atoms. The molecule has 0 spiro atoms. The van der Waals surface area contributed by atoms with Crippen molar-refractivity contribution in [2.75, 3.05) is 19.6 Å². The van der Waals surface area contributed by atoms with Gasteiger partial charge in [-0.05, 0) is 0 Å². The van der Waals surface area contributed by atoms with Crippen LogP contribution in [-0.2, 0) is 43.8 Å². The van der Waals surface area contributed by atoms with Gasteiger partial charge in [0.2, 0.25) is 0 Å². The maximum absolute atomic E-state index is 11.0. The third kappa shape index (κ3) is 18.1. The molecule has 3 atom stereocenters. The molecule has 1 aromatic rings. The Bertz CT molecular complexity index is 732. The predicted molar refractivity (Wildman–Crippen MR) is 107 cm³/mol. The first kappa shape index (κ1) is 38.2. The number of hydrogen-bond donors (Lipinski definition) is 0. The molecule has 1 saturated heterocycles. The third-order valence-electron chi connectivity index (χ3n) is 3.90. The van der Waals surface area contributed by atoms with Crippen molar-refractivity contribution in [3.8, 4) is 0 Å². The first-order valence-corrected chi connectivity index (χ1v) is 9.69. The standard InChI is InChI=1S/C16H21ClN2O3.5CO.Cr/c1-12-9-18(10-13(2)22-12)8-7-15(11-19(20)21)14-3-5-16(17)6-4-14;5*1-2;/h3-6,12-13,15H,7,9-11H2,1-2H3;;;;;;/t12-,13-,15?;;;;;;/m1....../s1. The van der Waals surface area contributed by atoms with Crippen molar-refractivity contribution in [3.63, 3.8) is 0 Å². The van der Waals surface area contributed by atoms with Crippen LogP contribution in [0.2, 0.25) is 5.02 Å². The van der Waals surface area contributed by atoms with Gasteiger partial charge in [-0.2, -0.15) is 0 Å². The van der Waals surface area contributed by atoms with Gasteiger partial charge in [-0.1, -0.05) is 0 Å². The van der Waals surface area contributed by atoms with Crippen LogP contribution in [0.1, 0.15) is 31.7 Å². The zero-order valence-electron chi connectivity index (χ0n) is 17.8. The monoisotopic (exact) mass is 516 g/mol. The number of nitro groups is 1. The Balaban J connectivity index is -0.000000371. The van der Waals surface area contributed by atoms with Crippen LogP contribution in [0.15, 0.2) is 24.3 Å². The van der Waals surface area contributed by atoms with Crippen molar-refractivity contribution < 1.29 is 48.8 Å². The Morgan fingerprint density at radius 3 is 1.82 bits per heavy atom. The molecule has 1 unspecified atom stereocenters. The van der Waals surface area contributed by atoms with Crippen molar-refractivity contribution in [1.29, 1.82) is 0 Å². The fourth-order valence-electron chi connectivity index (χ4n) is 2.92. The summed E-state index contributed by atoms with van der Waals surface area (Å²) in [5.74, 6) is -0.174. The van der Waals surface area contributed by atoms with Gasteiger partial charge in [-0.25, -0.2) is 0 Å². The zero-order chi connectivity index (χ0) is 27.0. The molecule has 0 saturated carbocycles. The SMILES string of the molecule is C[C@@H]1CN([C](=[Cr])CC(C[N+](=O)[O-])c2ccc(Cl)cc2)C[C@@H](C)O1.[C-]#[O+].[C-]#[O+].[C-]#[O+].[C-]#[O+].[C-]#[O+]. The van der Waals surface area contributed by atoms with E-state index in [1.807, 2.05) is 26.0 Å². The summed E-state index contributed by atoms with van der Waals surface area (Å²) in [6.07, 6.45) is 0.931. The first-order valence-electron chi connectivity index (χ1n) is 8.67. The molecule has 0 radical (unpaired) electrons. The Kier molecular flexibility index (Phi) is 30.3. The second kappa shape index (κ2) is 26.2. The number of hydrogen-bond acceptors (Lipinski definition) is 4. The number of halogens is 1. The summed E-state index contributed by atoms with van der Waals surface area (Å²) in [6, 6.07) is 7.30. The van der Waals surface area contributed by atoms with E-state index >= 15 is 0 Å². The van der Waals surface area contributed by atoms with Gasteiger partial charge in [-0.3, -0.25) is 0 Å². The quantitative estimate of drug-likeness (QED) is 0.246. The molecule has 1 heterocycles. The molecule has 1 aromatic carbocycles. The van der Waals surface area contributed by atoms with Gasteiger partial charge in [0.15, 0.2) is 0 Å². The summed E-state index contributed by atoms with van der Waals surface area (Å²) < 4.78 is 44.3. The molecule has 10 nitrogen and oxygen atoms in total. The molecule has 2 rings (SSSR count). The van der Waals surface area contributed by atoms with Crippen molar-refractivity contribution >= 4 is 16.1 Å². The third-order valence-corrected chi connectivity index (χ3v) is 4.82. The van der Waals surface area contributed by atoms with Crippen LogP contribution < -0.4 is 0 Å². The molecule has 1 aliphatic heterocycles. The molecule has 1 aliphatic rings. The summed E-state index contributed by atoms with van der Waals surface area (Å²) in [5.41, 5.74) is 0.938. The molecular formula is C21H21ClCrN2O8. The maximum atomic E-state index is 11.0. The average Bonchev–Trinajstić information content (AvgIpc) is 2.84. The van der Waals surface area contributed by atoms with E-state index in [1.54, 1.807) is 12.1 Å². The number of ether oxygens (including phenoxy) is 1. The number of benzene rings is 1. The minimum absolute atomic E-state index is 0.0950. The van der Waals surface area contributed by atoms with Crippen molar-refractivity contribution in [2.45, 2.75) is 38.4 Å². The van der Waals surface area contributed by atoms with Crippen molar-refractivity contribution in [3.05, 3.63) is 78.2 Å². The van der Waals surface area contributed by atoms with Crippen LogP contribution in [-0.4, -0.2) is 46.2 Å². The van der Waals surface area contributed by atoms with E-state index in [0.717, 1.165) is 23.2 Å². The Hall–Kier alpha value is -2.07. The fraction of sp³-hybridized carbons (Fsp3) is 0.429. The van der Waals surface area contributed by atoms with Crippen LogP contribution >= 0.6 is 11.6 Å². The van der Waals surface area contributed by atoms with Crippen LogP contribution in [0.3, 0.4) is 0 Å². The number of morpholine rings is 1. The normalized spacial score (nSPS) is 16.6. The van der Waals surface area contributed by atoms with E-state index in [9.17, 15) is 10.1 Å². The molecule has 0 aliphatic carbocycles. The minimum atomic E-state index is -0.253. The predicted octanol–water partition coefficient (Wildman–Crippen LogP) is 2.69. The van der Waals surface area contributed by atoms with E-state index < -0.39 is 0 Å². The summed E-state index contributed by atoms with van der Waals surface area (Å²) in [5, 5.41) is 11.7. The van der Waals surface area contributed by atoms with Gasteiger partial charge >= 0.3 is 206 Å². The second-order valence-corrected chi connectivity index (χ2v) is 7.20. The van der Waals surface area contributed by atoms with Gasteiger partial charge in [0, 0.05) is 0 Å². The number of rotatable bonds is 6. The summed E-state index contributed by atoms with van der Waals surface area (Å²) in [6.45, 7) is 28.1. The second-order valence-electron chi connectivity index (χ2n) is 6.02. The molecule has 12 heteroatoms. The van der Waals surface area contributed by atoms with E-state index in [1.165, 1.54) is 0 Å². The Labute approximate surface area is 205 Å². The van der Waals surface area contributed by atoms with Gasteiger partial charge in [0.05, 0.1) is 0 Å². The molecular weight excluding hydrogens is 496 g/mol. The fourth-order valence-corrected chi connectivity index (χ4v) is 3.60.